The quantitative estimate of drug-likeness (QED) is 0.194. The van der Waals surface area contributed by atoms with Gasteiger partial charge < -0.3 is 25.2 Å². The van der Waals surface area contributed by atoms with Crippen LogP contribution in [0.4, 0.5) is 0 Å². The number of carbonyl (C=O) groups excluding carboxylic acids is 1. The molecular formula is C23H40IN5O2. The molecule has 1 heterocycles. The van der Waals surface area contributed by atoms with Crippen molar-refractivity contribution < 1.29 is 9.53 Å². The zero-order valence-electron chi connectivity index (χ0n) is 19.4. The Labute approximate surface area is 205 Å². The minimum absolute atomic E-state index is 0. The first kappa shape index (κ1) is 27.5. The van der Waals surface area contributed by atoms with Crippen molar-refractivity contribution in [2.24, 2.45) is 4.99 Å². The van der Waals surface area contributed by atoms with Gasteiger partial charge in [-0.05, 0) is 46.3 Å². The summed E-state index contributed by atoms with van der Waals surface area (Å²) in [5, 5.41) is 6.69. The van der Waals surface area contributed by atoms with E-state index in [2.05, 4.69) is 28.5 Å². The molecule has 1 fully saturated rings. The van der Waals surface area contributed by atoms with Crippen molar-refractivity contribution >= 4 is 35.8 Å². The molecule has 1 aromatic rings. The van der Waals surface area contributed by atoms with Crippen LogP contribution in [0.15, 0.2) is 29.3 Å². The van der Waals surface area contributed by atoms with Crippen molar-refractivity contribution in [1.82, 2.24) is 20.4 Å². The Morgan fingerprint density at radius 1 is 1.19 bits per heavy atom. The standard InChI is InChI=1S/C23H39N5O2.HI/c1-4-24-23(25-14-10-16-28-15-9-5-6-13-22(28)29)26-19-20-11-7-8-12-21(20)30-18-17-27(2)3;/h7-8,11-12H,4-6,9-10,13-19H2,1-3H3,(H2,24,25,26);1H. The second kappa shape index (κ2) is 16.1. The predicted molar refractivity (Wildman–Crippen MR) is 138 cm³/mol. The first-order valence-corrected chi connectivity index (χ1v) is 11.3. The summed E-state index contributed by atoms with van der Waals surface area (Å²) in [5.74, 6) is 1.99. The van der Waals surface area contributed by atoms with Crippen LogP contribution in [0.3, 0.4) is 0 Å². The van der Waals surface area contributed by atoms with Crippen molar-refractivity contribution in [3.05, 3.63) is 29.8 Å². The van der Waals surface area contributed by atoms with Crippen molar-refractivity contribution in [3.63, 3.8) is 0 Å². The van der Waals surface area contributed by atoms with E-state index in [1.807, 2.05) is 37.2 Å². The molecule has 31 heavy (non-hydrogen) atoms. The Balaban J connectivity index is 0.00000480. The summed E-state index contributed by atoms with van der Waals surface area (Å²) < 4.78 is 5.94. The molecule has 2 rings (SSSR count). The number of para-hydroxylation sites is 1. The number of aliphatic imine (C=N–C) groups is 1. The summed E-state index contributed by atoms with van der Waals surface area (Å²) in [6.45, 7) is 7.45. The van der Waals surface area contributed by atoms with Gasteiger partial charge in [-0.2, -0.15) is 0 Å². The van der Waals surface area contributed by atoms with Gasteiger partial charge in [0.1, 0.15) is 12.4 Å². The number of rotatable bonds is 11. The maximum Gasteiger partial charge on any atom is 0.222 e. The minimum Gasteiger partial charge on any atom is -0.492 e. The molecule has 1 saturated heterocycles. The van der Waals surface area contributed by atoms with Crippen molar-refractivity contribution in [2.45, 2.75) is 45.6 Å². The SMILES string of the molecule is CCNC(=NCc1ccccc1OCCN(C)C)NCCCN1CCCCCC1=O.I. The summed E-state index contributed by atoms with van der Waals surface area (Å²) in [6, 6.07) is 8.07. The Morgan fingerprint density at radius 2 is 2.00 bits per heavy atom. The molecule has 0 unspecified atom stereocenters. The van der Waals surface area contributed by atoms with E-state index in [0.29, 0.717) is 25.5 Å². The van der Waals surface area contributed by atoms with Crippen LogP contribution in [0.5, 0.6) is 5.75 Å². The lowest BCUT2D eigenvalue weighted by molar-refractivity contribution is -0.130. The third-order valence-corrected chi connectivity index (χ3v) is 5.09. The molecule has 1 aliphatic rings. The van der Waals surface area contributed by atoms with E-state index in [9.17, 15) is 4.79 Å². The van der Waals surface area contributed by atoms with Crippen LogP contribution in [0.2, 0.25) is 0 Å². The van der Waals surface area contributed by atoms with E-state index in [0.717, 1.165) is 75.7 Å². The van der Waals surface area contributed by atoms with Crippen LogP contribution < -0.4 is 15.4 Å². The number of nitrogens with one attached hydrogen (secondary N) is 2. The second-order valence-electron chi connectivity index (χ2n) is 7.93. The van der Waals surface area contributed by atoms with Crippen LogP contribution in [0, 0.1) is 0 Å². The maximum atomic E-state index is 12.1. The summed E-state index contributed by atoms with van der Waals surface area (Å²) in [4.78, 5) is 20.9. The fourth-order valence-corrected chi connectivity index (χ4v) is 3.37. The highest BCUT2D eigenvalue weighted by atomic mass is 127. The fraction of sp³-hybridized carbons (Fsp3) is 0.652. The zero-order valence-corrected chi connectivity index (χ0v) is 21.7. The van der Waals surface area contributed by atoms with Crippen LogP contribution in [-0.4, -0.2) is 75.1 Å². The first-order valence-electron chi connectivity index (χ1n) is 11.3. The monoisotopic (exact) mass is 545 g/mol. The molecule has 0 atom stereocenters. The van der Waals surface area contributed by atoms with Gasteiger partial charge in [0.05, 0.1) is 6.54 Å². The molecule has 0 spiro atoms. The van der Waals surface area contributed by atoms with Crippen LogP contribution in [0.1, 0.15) is 44.6 Å². The number of hydrogen-bond acceptors (Lipinski definition) is 4. The molecule has 7 nitrogen and oxygen atoms in total. The molecule has 0 saturated carbocycles. The number of carbonyl (C=O) groups is 1. The molecule has 8 heteroatoms. The number of guanidine groups is 1. The summed E-state index contributed by atoms with van der Waals surface area (Å²) >= 11 is 0. The number of likely N-dealkylation sites (tertiary alicyclic amines) is 1. The lowest BCUT2D eigenvalue weighted by Crippen LogP contribution is -2.39. The number of nitrogens with zero attached hydrogens (tertiary/aromatic N) is 3. The molecular weight excluding hydrogens is 505 g/mol. The highest BCUT2D eigenvalue weighted by Crippen LogP contribution is 2.18. The van der Waals surface area contributed by atoms with Gasteiger partial charge in [0, 0.05) is 44.7 Å². The van der Waals surface area contributed by atoms with Gasteiger partial charge in [0.15, 0.2) is 5.96 Å². The van der Waals surface area contributed by atoms with Crippen LogP contribution >= 0.6 is 24.0 Å². The van der Waals surface area contributed by atoms with Gasteiger partial charge in [-0.15, -0.1) is 24.0 Å². The second-order valence-corrected chi connectivity index (χ2v) is 7.93. The molecule has 0 aliphatic carbocycles. The molecule has 0 bridgehead atoms. The third-order valence-electron chi connectivity index (χ3n) is 5.09. The molecule has 2 N–H and O–H groups in total. The third kappa shape index (κ3) is 11.0. The average Bonchev–Trinajstić information content (AvgIpc) is 2.94. The lowest BCUT2D eigenvalue weighted by Gasteiger charge is -2.20. The van der Waals surface area contributed by atoms with Crippen molar-refractivity contribution in [3.8, 4) is 5.75 Å². The smallest absolute Gasteiger partial charge is 0.222 e. The highest BCUT2D eigenvalue weighted by Gasteiger charge is 2.15. The van der Waals surface area contributed by atoms with E-state index in [1.165, 1.54) is 0 Å². The number of halogens is 1. The minimum atomic E-state index is 0. The number of likely N-dealkylation sites (N-methyl/N-ethyl adjacent to an activating group) is 1. The van der Waals surface area contributed by atoms with Crippen LogP contribution in [0.25, 0.3) is 0 Å². The lowest BCUT2D eigenvalue weighted by atomic mass is 10.2. The molecule has 0 aromatic heterocycles. The summed E-state index contributed by atoms with van der Waals surface area (Å²) in [7, 11) is 4.08. The van der Waals surface area contributed by atoms with E-state index in [-0.39, 0.29) is 24.0 Å². The van der Waals surface area contributed by atoms with Crippen molar-refractivity contribution in [2.75, 3.05) is 53.4 Å². The topological polar surface area (TPSA) is 69.2 Å². The van der Waals surface area contributed by atoms with Gasteiger partial charge >= 0.3 is 0 Å². The zero-order chi connectivity index (χ0) is 21.6. The normalized spacial score (nSPS) is 14.8. The van der Waals surface area contributed by atoms with Gasteiger partial charge in [-0.1, -0.05) is 24.6 Å². The Hall–Kier alpha value is -1.55. The summed E-state index contributed by atoms with van der Waals surface area (Å²) in [6.07, 6.45) is 4.94. The summed E-state index contributed by atoms with van der Waals surface area (Å²) in [5.41, 5.74) is 1.07. The van der Waals surface area contributed by atoms with Gasteiger partial charge in [-0.25, -0.2) is 4.99 Å². The average molecular weight is 546 g/mol. The van der Waals surface area contributed by atoms with Gasteiger partial charge in [0.2, 0.25) is 5.91 Å². The Morgan fingerprint density at radius 3 is 2.77 bits per heavy atom. The maximum absolute atomic E-state index is 12.1. The Bertz CT molecular complexity index is 669. The van der Waals surface area contributed by atoms with Crippen LogP contribution in [-0.2, 0) is 11.3 Å². The number of hydrogen-bond donors (Lipinski definition) is 2. The first-order chi connectivity index (χ1) is 14.6. The van der Waals surface area contributed by atoms with Crippen molar-refractivity contribution in [1.29, 1.82) is 0 Å². The number of amides is 1. The number of ether oxygens (including phenoxy) is 1. The van der Waals surface area contributed by atoms with Gasteiger partial charge in [-0.3, -0.25) is 4.79 Å². The molecule has 0 radical (unpaired) electrons. The van der Waals surface area contributed by atoms with E-state index in [1.54, 1.807) is 0 Å². The molecule has 1 aliphatic heterocycles. The molecule has 1 amide bonds. The molecule has 176 valence electrons. The van der Waals surface area contributed by atoms with E-state index < -0.39 is 0 Å². The largest absolute Gasteiger partial charge is 0.492 e. The number of benzene rings is 1. The Kier molecular flexibility index (Phi) is 14.3. The molecule has 1 aromatic carbocycles. The predicted octanol–water partition coefficient (Wildman–Crippen LogP) is 3.09. The van der Waals surface area contributed by atoms with E-state index >= 15 is 0 Å². The fourth-order valence-electron chi connectivity index (χ4n) is 3.37. The van der Waals surface area contributed by atoms with Gasteiger partial charge in [0.25, 0.3) is 0 Å². The highest BCUT2D eigenvalue weighted by molar-refractivity contribution is 14.0. The van der Waals surface area contributed by atoms with E-state index in [4.69, 9.17) is 9.73 Å².